The Balaban J connectivity index is 1.80. The van der Waals surface area contributed by atoms with Crippen LogP contribution >= 0.6 is 11.6 Å². The van der Waals surface area contributed by atoms with E-state index in [1.54, 1.807) is 48.5 Å². The fourth-order valence-corrected chi connectivity index (χ4v) is 2.22. The second-order valence-corrected chi connectivity index (χ2v) is 6.45. The normalized spacial score (nSPS) is 10.4. The molecule has 0 spiro atoms. The Morgan fingerprint density at radius 1 is 0.920 bits per heavy atom. The van der Waals surface area contributed by atoms with Gasteiger partial charge in [0.25, 0.3) is 5.91 Å². The van der Waals surface area contributed by atoms with Crippen molar-refractivity contribution in [1.82, 2.24) is 0 Å². The summed E-state index contributed by atoms with van der Waals surface area (Å²) in [6.45, 7) is 3.88. The Kier molecular flexibility index (Phi) is 6.83. The standard InChI is InChI=1S/C19H21ClN2O3/c1-13(2)11-18(23)21-15-5-7-16(8-6-15)22-19(24)12-25-17-9-3-14(20)4-10-17/h3-10,13H,11-12H2,1-2H3,(H,21,23)(H,22,24). The van der Waals surface area contributed by atoms with Crippen molar-refractivity contribution in [2.75, 3.05) is 17.2 Å². The average Bonchev–Trinajstić information content (AvgIpc) is 2.55. The Hall–Kier alpha value is -2.53. The van der Waals surface area contributed by atoms with Crippen LogP contribution in [0.5, 0.6) is 5.75 Å². The van der Waals surface area contributed by atoms with Gasteiger partial charge in [0.2, 0.25) is 5.91 Å². The first-order chi connectivity index (χ1) is 11.9. The molecule has 5 nitrogen and oxygen atoms in total. The molecular formula is C19H21ClN2O3. The molecule has 2 aromatic carbocycles. The summed E-state index contributed by atoms with van der Waals surface area (Å²) >= 11 is 5.79. The van der Waals surface area contributed by atoms with Gasteiger partial charge in [0.15, 0.2) is 6.61 Å². The molecule has 0 radical (unpaired) electrons. The number of carbonyl (C=O) groups is 2. The van der Waals surface area contributed by atoms with Gasteiger partial charge in [-0.25, -0.2) is 0 Å². The maximum atomic E-state index is 11.9. The zero-order valence-electron chi connectivity index (χ0n) is 14.2. The van der Waals surface area contributed by atoms with Crippen LogP contribution in [0, 0.1) is 5.92 Å². The topological polar surface area (TPSA) is 67.4 Å². The van der Waals surface area contributed by atoms with Crippen LogP contribution in [0.4, 0.5) is 11.4 Å². The number of amides is 2. The van der Waals surface area contributed by atoms with Crippen LogP contribution < -0.4 is 15.4 Å². The largest absolute Gasteiger partial charge is 0.484 e. The van der Waals surface area contributed by atoms with E-state index in [1.807, 2.05) is 13.8 Å². The maximum absolute atomic E-state index is 11.9. The van der Waals surface area contributed by atoms with Gasteiger partial charge in [-0.2, -0.15) is 0 Å². The van der Waals surface area contributed by atoms with Crippen molar-refractivity contribution < 1.29 is 14.3 Å². The molecule has 0 unspecified atom stereocenters. The molecule has 132 valence electrons. The van der Waals surface area contributed by atoms with Crippen molar-refractivity contribution >= 4 is 34.8 Å². The lowest BCUT2D eigenvalue weighted by Crippen LogP contribution is -2.20. The Bertz CT molecular complexity index is 712. The number of rotatable bonds is 7. The lowest BCUT2D eigenvalue weighted by molar-refractivity contribution is -0.118. The third kappa shape index (κ3) is 6.85. The van der Waals surface area contributed by atoms with Gasteiger partial charge in [-0.1, -0.05) is 25.4 Å². The van der Waals surface area contributed by atoms with Crippen LogP contribution in [0.25, 0.3) is 0 Å². The summed E-state index contributed by atoms with van der Waals surface area (Å²) in [4.78, 5) is 23.6. The van der Waals surface area contributed by atoms with Gasteiger partial charge in [-0.3, -0.25) is 9.59 Å². The quantitative estimate of drug-likeness (QED) is 0.771. The summed E-state index contributed by atoms with van der Waals surface area (Å²) < 4.78 is 5.38. The summed E-state index contributed by atoms with van der Waals surface area (Å²) in [6, 6.07) is 13.7. The van der Waals surface area contributed by atoms with E-state index < -0.39 is 0 Å². The number of nitrogens with one attached hydrogen (secondary N) is 2. The molecule has 0 saturated carbocycles. The molecule has 0 bridgehead atoms. The highest BCUT2D eigenvalue weighted by molar-refractivity contribution is 6.30. The fourth-order valence-electron chi connectivity index (χ4n) is 2.10. The Morgan fingerprint density at radius 3 is 1.96 bits per heavy atom. The number of carbonyl (C=O) groups excluding carboxylic acids is 2. The smallest absolute Gasteiger partial charge is 0.262 e. The van der Waals surface area contributed by atoms with Crippen molar-refractivity contribution in [1.29, 1.82) is 0 Å². The van der Waals surface area contributed by atoms with Crippen LogP contribution in [0.1, 0.15) is 20.3 Å². The number of benzene rings is 2. The van der Waals surface area contributed by atoms with Crippen molar-refractivity contribution in [3.63, 3.8) is 0 Å². The van der Waals surface area contributed by atoms with Crippen molar-refractivity contribution in [3.8, 4) is 5.75 Å². The minimum absolute atomic E-state index is 0.0249. The molecule has 2 aromatic rings. The molecule has 2 N–H and O–H groups in total. The van der Waals surface area contributed by atoms with Gasteiger partial charge in [-0.15, -0.1) is 0 Å². The molecule has 0 fully saturated rings. The van der Waals surface area contributed by atoms with Crippen LogP contribution in [0.3, 0.4) is 0 Å². The third-order valence-corrected chi connectivity index (χ3v) is 3.48. The van der Waals surface area contributed by atoms with E-state index in [2.05, 4.69) is 10.6 Å². The SMILES string of the molecule is CC(C)CC(=O)Nc1ccc(NC(=O)COc2ccc(Cl)cc2)cc1. The Morgan fingerprint density at radius 2 is 1.44 bits per heavy atom. The summed E-state index contributed by atoms with van der Waals surface area (Å²) in [5, 5.41) is 6.16. The van der Waals surface area contributed by atoms with Gasteiger partial charge in [0.1, 0.15) is 5.75 Å². The summed E-state index contributed by atoms with van der Waals surface area (Å²) in [7, 11) is 0. The predicted octanol–water partition coefficient (Wildman–Crippen LogP) is 4.34. The minimum atomic E-state index is -0.272. The van der Waals surface area contributed by atoms with E-state index in [0.29, 0.717) is 34.5 Å². The van der Waals surface area contributed by atoms with Crippen molar-refractivity contribution in [2.45, 2.75) is 20.3 Å². The van der Waals surface area contributed by atoms with Crippen LogP contribution in [-0.2, 0) is 9.59 Å². The number of halogens is 1. The molecular weight excluding hydrogens is 340 g/mol. The zero-order valence-corrected chi connectivity index (χ0v) is 15.0. The number of ether oxygens (including phenoxy) is 1. The molecule has 2 amide bonds. The fraction of sp³-hybridized carbons (Fsp3) is 0.263. The lowest BCUT2D eigenvalue weighted by atomic mass is 10.1. The van der Waals surface area contributed by atoms with E-state index in [9.17, 15) is 9.59 Å². The number of hydrogen-bond donors (Lipinski definition) is 2. The minimum Gasteiger partial charge on any atom is -0.484 e. The highest BCUT2D eigenvalue weighted by Crippen LogP contribution is 2.16. The van der Waals surface area contributed by atoms with E-state index in [0.717, 1.165) is 0 Å². The Labute approximate surface area is 152 Å². The van der Waals surface area contributed by atoms with Crippen molar-refractivity contribution in [3.05, 3.63) is 53.6 Å². The second kappa shape index (κ2) is 9.08. The third-order valence-electron chi connectivity index (χ3n) is 3.23. The molecule has 0 heterocycles. The van der Waals surface area contributed by atoms with Gasteiger partial charge in [0, 0.05) is 22.8 Å². The summed E-state index contributed by atoms with van der Waals surface area (Å²) in [5.41, 5.74) is 1.33. The van der Waals surface area contributed by atoms with E-state index in [4.69, 9.17) is 16.3 Å². The molecule has 0 atom stereocenters. The molecule has 0 aliphatic heterocycles. The van der Waals surface area contributed by atoms with E-state index in [-0.39, 0.29) is 18.4 Å². The average molecular weight is 361 g/mol. The summed E-state index contributed by atoms with van der Waals surface area (Å²) in [5.74, 6) is 0.580. The number of anilines is 2. The first-order valence-corrected chi connectivity index (χ1v) is 8.38. The predicted molar refractivity (Wildman–Crippen MR) is 100 cm³/mol. The van der Waals surface area contributed by atoms with Gasteiger partial charge >= 0.3 is 0 Å². The maximum Gasteiger partial charge on any atom is 0.262 e. The van der Waals surface area contributed by atoms with Crippen LogP contribution in [-0.4, -0.2) is 18.4 Å². The first-order valence-electron chi connectivity index (χ1n) is 8.00. The molecule has 2 rings (SSSR count). The highest BCUT2D eigenvalue weighted by atomic mass is 35.5. The van der Waals surface area contributed by atoms with E-state index in [1.165, 1.54) is 0 Å². The molecule has 25 heavy (non-hydrogen) atoms. The lowest BCUT2D eigenvalue weighted by Gasteiger charge is -2.10. The molecule has 0 saturated heterocycles. The van der Waals surface area contributed by atoms with Crippen molar-refractivity contribution in [2.24, 2.45) is 5.92 Å². The monoisotopic (exact) mass is 360 g/mol. The van der Waals surface area contributed by atoms with Crippen LogP contribution in [0.2, 0.25) is 5.02 Å². The highest BCUT2D eigenvalue weighted by Gasteiger charge is 2.07. The van der Waals surface area contributed by atoms with E-state index >= 15 is 0 Å². The van der Waals surface area contributed by atoms with Gasteiger partial charge in [0.05, 0.1) is 0 Å². The first kappa shape index (κ1) is 18.8. The van der Waals surface area contributed by atoms with Gasteiger partial charge in [-0.05, 0) is 54.4 Å². The summed E-state index contributed by atoms with van der Waals surface area (Å²) in [6.07, 6.45) is 0.473. The van der Waals surface area contributed by atoms with Crippen LogP contribution in [0.15, 0.2) is 48.5 Å². The molecule has 0 aromatic heterocycles. The number of hydrogen-bond acceptors (Lipinski definition) is 3. The van der Waals surface area contributed by atoms with Gasteiger partial charge < -0.3 is 15.4 Å². The zero-order chi connectivity index (χ0) is 18.2. The molecule has 0 aliphatic rings. The molecule has 0 aliphatic carbocycles. The second-order valence-electron chi connectivity index (χ2n) is 6.01. The molecule has 6 heteroatoms.